The van der Waals surface area contributed by atoms with Crippen molar-refractivity contribution in [2.45, 2.75) is 25.3 Å². The molecular weight excluding hydrogens is 230 g/mol. The van der Waals surface area contributed by atoms with E-state index in [4.69, 9.17) is 4.74 Å². The van der Waals surface area contributed by atoms with Crippen molar-refractivity contribution >= 4 is 5.91 Å². The lowest BCUT2D eigenvalue weighted by Crippen LogP contribution is -2.45. The monoisotopic (exact) mass is 255 g/mol. The van der Waals surface area contributed by atoms with Gasteiger partial charge in [-0.15, -0.1) is 0 Å². The fraction of sp³-hybridized carbons (Fsp3) is 0.923. The molecule has 0 aromatic heterocycles. The Kier molecular flexibility index (Phi) is 5.41. The van der Waals surface area contributed by atoms with Crippen LogP contribution in [0.2, 0.25) is 0 Å². The van der Waals surface area contributed by atoms with Gasteiger partial charge in [0.1, 0.15) is 0 Å². The van der Waals surface area contributed by atoms with E-state index < -0.39 is 0 Å². The fourth-order valence-corrected chi connectivity index (χ4v) is 2.75. The van der Waals surface area contributed by atoms with Gasteiger partial charge in [-0.05, 0) is 33.0 Å². The summed E-state index contributed by atoms with van der Waals surface area (Å²) in [7, 11) is 1.88. The van der Waals surface area contributed by atoms with Crippen LogP contribution in [0.1, 0.15) is 19.3 Å². The van der Waals surface area contributed by atoms with E-state index in [2.05, 4.69) is 15.5 Å². The normalized spacial score (nSPS) is 29.4. The highest BCUT2D eigenvalue weighted by Crippen LogP contribution is 2.13. The summed E-state index contributed by atoms with van der Waals surface area (Å²) in [5, 5.41) is 6.17. The van der Waals surface area contributed by atoms with Crippen LogP contribution in [-0.4, -0.2) is 63.3 Å². The second-order valence-corrected chi connectivity index (χ2v) is 5.23. The highest BCUT2D eigenvalue weighted by molar-refractivity contribution is 5.79. The number of likely N-dealkylation sites (tertiary alicyclic amines) is 1. The summed E-state index contributed by atoms with van der Waals surface area (Å²) in [6.07, 6.45) is 3.95. The van der Waals surface area contributed by atoms with E-state index in [-0.39, 0.29) is 17.9 Å². The van der Waals surface area contributed by atoms with E-state index >= 15 is 0 Å². The maximum atomic E-state index is 12.0. The minimum Gasteiger partial charge on any atom is -0.379 e. The predicted molar refractivity (Wildman–Crippen MR) is 70.5 cm³/mol. The molecule has 2 unspecified atom stereocenters. The molecule has 5 heteroatoms. The quantitative estimate of drug-likeness (QED) is 0.716. The molecule has 2 fully saturated rings. The topological polar surface area (TPSA) is 53.6 Å². The second kappa shape index (κ2) is 7.07. The fourth-order valence-electron chi connectivity index (χ4n) is 2.75. The number of nitrogens with one attached hydrogen (secondary N) is 2. The summed E-state index contributed by atoms with van der Waals surface area (Å²) in [6, 6.07) is 0.167. The van der Waals surface area contributed by atoms with Crippen LogP contribution in [0.5, 0.6) is 0 Å². The van der Waals surface area contributed by atoms with E-state index in [9.17, 15) is 4.79 Å². The number of carbonyl (C=O) groups excluding carboxylic acids is 1. The molecule has 5 nitrogen and oxygen atoms in total. The lowest BCUT2D eigenvalue weighted by atomic mass is 10.0. The minimum atomic E-state index is -0.0312. The van der Waals surface area contributed by atoms with E-state index in [1.807, 2.05) is 7.05 Å². The van der Waals surface area contributed by atoms with Crippen molar-refractivity contribution in [3.05, 3.63) is 0 Å². The van der Waals surface area contributed by atoms with Gasteiger partial charge in [-0.1, -0.05) is 6.42 Å². The Bertz CT molecular complexity index is 267. The molecule has 2 N–H and O–H groups in total. The van der Waals surface area contributed by atoms with Gasteiger partial charge in [0, 0.05) is 19.1 Å². The lowest BCUT2D eigenvalue weighted by Gasteiger charge is -2.26. The molecule has 2 saturated heterocycles. The van der Waals surface area contributed by atoms with Crippen LogP contribution in [0.4, 0.5) is 0 Å². The van der Waals surface area contributed by atoms with Gasteiger partial charge in [0.05, 0.1) is 19.1 Å². The van der Waals surface area contributed by atoms with Crippen molar-refractivity contribution < 1.29 is 9.53 Å². The molecule has 2 aliphatic heterocycles. The number of hydrogen-bond donors (Lipinski definition) is 2. The third-order valence-electron chi connectivity index (χ3n) is 3.96. The van der Waals surface area contributed by atoms with Crippen molar-refractivity contribution in [2.75, 3.05) is 46.4 Å². The van der Waals surface area contributed by atoms with E-state index in [0.717, 1.165) is 13.1 Å². The van der Waals surface area contributed by atoms with Gasteiger partial charge in [-0.25, -0.2) is 0 Å². The SMILES string of the molecule is CNC1COCC1C(=O)NCCN1CCCCC1. The number of likely N-dealkylation sites (N-methyl/N-ethyl adjacent to an activating group) is 1. The van der Waals surface area contributed by atoms with Crippen molar-refractivity contribution in [2.24, 2.45) is 5.92 Å². The highest BCUT2D eigenvalue weighted by atomic mass is 16.5. The Balaban J connectivity index is 1.64. The molecular formula is C13H25N3O2. The van der Waals surface area contributed by atoms with Crippen LogP contribution in [0.25, 0.3) is 0 Å². The van der Waals surface area contributed by atoms with Crippen LogP contribution in [-0.2, 0) is 9.53 Å². The number of carbonyl (C=O) groups is 1. The summed E-state index contributed by atoms with van der Waals surface area (Å²) in [5.74, 6) is 0.0974. The van der Waals surface area contributed by atoms with E-state index in [0.29, 0.717) is 13.2 Å². The van der Waals surface area contributed by atoms with Crippen LogP contribution >= 0.6 is 0 Å². The van der Waals surface area contributed by atoms with Crippen molar-refractivity contribution in [3.8, 4) is 0 Å². The summed E-state index contributed by atoms with van der Waals surface area (Å²) in [6.45, 7) is 5.28. The number of nitrogens with zero attached hydrogens (tertiary/aromatic N) is 1. The Morgan fingerprint density at radius 2 is 2.06 bits per heavy atom. The van der Waals surface area contributed by atoms with Crippen LogP contribution < -0.4 is 10.6 Å². The molecule has 0 aromatic carbocycles. The number of amides is 1. The molecule has 0 radical (unpaired) electrons. The molecule has 2 aliphatic rings. The molecule has 0 bridgehead atoms. The number of rotatable bonds is 5. The Hall–Kier alpha value is -0.650. The standard InChI is InChI=1S/C13H25N3O2/c1-14-12-10-18-9-11(12)13(17)15-5-8-16-6-3-2-4-7-16/h11-12,14H,2-10H2,1H3,(H,15,17). The molecule has 0 spiro atoms. The van der Waals surface area contributed by atoms with Gasteiger partial charge in [0.15, 0.2) is 0 Å². The summed E-state index contributed by atoms with van der Waals surface area (Å²) >= 11 is 0. The smallest absolute Gasteiger partial charge is 0.227 e. The number of ether oxygens (including phenoxy) is 1. The third kappa shape index (κ3) is 3.67. The zero-order valence-electron chi connectivity index (χ0n) is 11.3. The average molecular weight is 255 g/mol. The summed E-state index contributed by atoms with van der Waals surface area (Å²) in [4.78, 5) is 14.4. The third-order valence-corrected chi connectivity index (χ3v) is 3.96. The van der Waals surface area contributed by atoms with Crippen molar-refractivity contribution in [3.63, 3.8) is 0 Å². The first kappa shape index (κ1) is 13.8. The summed E-state index contributed by atoms with van der Waals surface area (Å²) in [5.41, 5.74) is 0. The Morgan fingerprint density at radius 1 is 1.28 bits per heavy atom. The molecule has 104 valence electrons. The average Bonchev–Trinajstić information content (AvgIpc) is 2.88. The van der Waals surface area contributed by atoms with E-state index in [1.54, 1.807) is 0 Å². The van der Waals surface area contributed by atoms with Crippen LogP contribution in [0.3, 0.4) is 0 Å². The molecule has 2 atom stereocenters. The molecule has 2 heterocycles. The van der Waals surface area contributed by atoms with Gasteiger partial charge >= 0.3 is 0 Å². The molecule has 2 rings (SSSR count). The van der Waals surface area contributed by atoms with E-state index in [1.165, 1.54) is 32.4 Å². The second-order valence-electron chi connectivity index (χ2n) is 5.23. The molecule has 1 amide bonds. The number of piperidine rings is 1. The minimum absolute atomic E-state index is 0.0312. The number of hydrogen-bond acceptors (Lipinski definition) is 4. The van der Waals surface area contributed by atoms with Gasteiger partial charge in [0.25, 0.3) is 0 Å². The first-order valence-corrected chi connectivity index (χ1v) is 7.06. The first-order chi connectivity index (χ1) is 8.81. The predicted octanol–water partition coefficient (Wildman–Crippen LogP) is -0.177. The molecule has 0 saturated carbocycles. The zero-order chi connectivity index (χ0) is 12.8. The molecule has 18 heavy (non-hydrogen) atoms. The van der Waals surface area contributed by atoms with Crippen LogP contribution in [0.15, 0.2) is 0 Å². The maximum absolute atomic E-state index is 12.0. The molecule has 0 aromatic rings. The van der Waals surface area contributed by atoms with Gasteiger partial charge in [0.2, 0.25) is 5.91 Å². The summed E-state index contributed by atoms with van der Waals surface area (Å²) < 4.78 is 5.34. The largest absolute Gasteiger partial charge is 0.379 e. The highest BCUT2D eigenvalue weighted by Gasteiger charge is 2.32. The van der Waals surface area contributed by atoms with Crippen molar-refractivity contribution in [1.82, 2.24) is 15.5 Å². The Labute approximate surface area is 109 Å². The zero-order valence-corrected chi connectivity index (χ0v) is 11.3. The van der Waals surface area contributed by atoms with Gasteiger partial charge in [-0.2, -0.15) is 0 Å². The lowest BCUT2D eigenvalue weighted by molar-refractivity contribution is -0.125. The van der Waals surface area contributed by atoms with Crippen LogP contribution in [0, 0.1) is 5.92 Å². The van der Waals surface area contributed by atoms with Gasteiger partial charge in [-0.3, -0.25) is 4.79 Å². The maximum Gasteiger partial charge on any atom is 0.227 e. The van der Waals surface area contributed by atoms with Gasteiger partial charge < -0.3 is 20.3 Å². The van der Waals surface area contributed by atoms with Crippen molar-refractivity contribution in [1.29, 1.82) is 0 Å². The first-order valence-electron chi connectivity index (χ1n) is 7.06. The Morgan fingerprint density at radius 3 is 2.78 bits per heavy atom. The molecule has 0 aliphatic carbocycles.